The Bertz CT molecular complexity index is 623. The summed E-state index contributed by atoms with van der Waals surface area (Å²) < 4.78 is 0. The third-order valence-electron chi connectivity index (χ3n) is 3.71. The van der Waals surface area contributed by atoms with E-state index in [1.807, 2.05) is 24.3 Å². The zero-order valence-electron chi connectivity index (χ0n) is 10.4. The molecule has 0 atom stereocenters. The molecule has 2 aromatic rings. The highest BCUT2D eigenvalue weighted by molar-refractivity contribution is 5.97. The van der Waals surface area contributed by atoms with Gasteiger partial charge in [0.05, 0.1) is 17.7 Å². The van der Waals surface area contributed by atoms with Crippen molar-refractivity contribution in [1.29, 1.82) is 5.26 Å². The zero-order valence-corrected chi connectivity index (χ0v) is 10.4. The van der Waals surface area contributed by atoms with Gasteiger partial charge in [0, 0.05) is 36.6 Å². The van der Waals surface area contributed by atoms with Crippen LogP contribution in [0.1, 0.15) is 5.56 Å². The lowest BCUT2D eigenvalue weighted by atomic mass is 10.0. The topological polar surface area (TPSA) is 39.1 Å². The fraction of sp³-hybridized carbons (Fsp3) is 0.267. The molecule has 1 N–H and O–H groups in total. The summed E-state index contributed by atoms with van der Waals surface area (Å²) in [6.07, 6.45) is 0. The molecule has 1 heterocycles. The molecule has 1 aliphatic rings. The van der Waals surface area contributed by atoms with E-state index in [1.54, 1.807) is 0 Å². The van der Waals surface area contributed by atoms with E-state index < -0.39 is 0 Å². The summed E-state index contributed by atoms with van der Waals surface area (Å²) in [4.78, 5) is 2.31. The first-order chi connectivity index (χ1) is 8.81. The quantitative estimate of drug-likeness (QED) is 0.869. The number of anilines is 1. The number of nitrogens with zero attached hydrogens (tertiary/aromatic N) is 2. The van der Waals surface area contributed by atoms with Crippen LogP contribution in [0.4, 0.5) is 5.69 Å². The molecule has 18 heavy (non-hydrogen) atoms. The molecule has 1 fully saturated rings. The van der Waals surface area contributed by atoms with Gasteiger partial charge in [0.1, 0.15) is 0 Å². The lowest BCUT2D eigenvalue weighted by Gasteiger charge is -2.37. The minimum Gasteiger partial charge on any atom is -0.369 e. The third kappa shape index (κ3) is 1.62. The van der Waals surface area contributed by atoms with Crippen LogP contribution in [0.15, 0.2) is 36.4 Å². The monoisotopic (exact) mass is 237 g/mol. The number of hydrogen-bond acceptors (Lipinski definition) is 3. The lowest BCUT2D eigenvalue weighted by molar-refractivity contribution is 0.429. The Balaban J connectivity index is 2.15. The maximum Gasteiger partial charge on any atom is 0.0998 e. The van der Waals surface area contributed by atoms with Crippen molar-refractivity contribution in [3.05, 3.63) is 42.0 Å². The van der Waals surface area contributed by atoms with Crippen LogP contribution in [0.25, 0.3) is 10.8 Å². The molecule has 1 saturated heterocycles. The Morgan fingerprint density at radius 1 is 1.17 bits per heavy atom. The van der Waals surface area contributed by atoms with E-state index in [0.717, 1.165) is 29.4 Å². The molecule has 3 nitrogen and oxygen atoms in total. The van der Waals surface area contributed by atoms with Crippen molar-refractivity contribution in [3.63, 3.8) is 0 Å². The predicted molar refractivity (Wildman–Crippen MR) is 73.7 cm³/mol. The molecule has 0 aliphatic carbocycles. The second-order valence-corrected chi connectivity index (χ2v) is 4.71. The van der Waals surface area contributed by atoms with Crippen molar-refractivity contribution in [2.45, 2.75) is 6.04 Å². The van der Waals surface area contributed by atoms with Gasteiger partial charge in [-0.15, -0.1) is 0 Å². The number of likely N-dealkylation sites (N-methyl/N-ethyl adjacent to an activating group) is 1. The Morgan fingerprint density at radius 3 is 2.50 bits per heavy atom. The molecule has 3 heteroatoms. The number of fused-ring (bicyclic) bond motifs is 1. The number of nitrogens with one attached hydrogen (secondary N) is 1. The first-order valence-corrected chi connectivity index (χ1v) is 6.16. The largest absolute Gasteiger partial charge is 0.369 e. The van der Waals surface area contributed by atoms with Crippen LogP contribution >= 0.6 is 0 Å². The van der Waals surface area contributed by atoms with Crippen LogP contribution < -0.4 is 10.2 Å². The highest BCUT2D eigenvalue weighted by atomic mass is 15.2. The van der Waals surface area contributed by atoms with Crippen LogP contribution in [-0.4, -0.2) is 26.2 Å². The van der Waals surface area contributed by atoms with E-state index in [0.29, 0.717) is 6.04 Å². The van der Waals surface area contributed by atoms with Gasteiger partial charge in [-0.05, 0) is 12.1 Å². The van der Waals surface area contributed by atoms with Crippen molar-refractivity contribution < 1.29 is 0 Å². The Hall–Kier alpha value is -2.05. The highest BCUT2D eigenvalue weighted by Crippen LogP contribution is 2.30. The molecule has 1 aliphatic heterocycles. The van der Waals surface area contributed by atoms with E-state index >= 15 is 0 Å². The van der Waals surface area contributed by atoms with Crippen molar-refractivity contribution in [1.82, 2.24) is 5.32 Å². The van der Waals surface area contributed by atoms with Gasteiger partial charge in [0.15, 0.2) is 0 Å². The summed E-state index contributed by atoms with van der Waals surface area (Å²) in [5.41, 5.74) is 1.95. The highest BCUT2D eigenvalue weighted by Gasteiger charge is 2.23. The first kappa shape index (κ1) is 11.1. The number of hydrogen-bond donors (Lipinski definition) is 1. The molecule has 0 saturated carbocycles. The molecule has 0 spiro atoms. The summed E-state index contributed by atoms with van der Waals surface area (Å²) in [5.74, 6) is 0. The fourth-order valence-corrected chi connectivity index (χ4v) is 2.43. The average Bonchev–Trinajstić information content (AvgIpc) is 2.35. The lowest BCUT2D eigenvalue weighted by Crippen LogP contribution is -2.56. The molecule has 90 valence electrons. The number of rotatable bonds is 2. The van der Waals surface area contributed by atoms with E-state index in [-0.39, 0.29) is 0 Å². The summed E-state index contributed by atoms with van der Waals surface area (Å²) >= 11 is 0. The third-order valence-corrected chi connectivity index (χ3v) is 3.71. The number of nitriles is 1. The van der Waals surface area contributed by atoms with Crippen molar-refractivity contribution in [2.24, 2.45) is 0 Å². The Labute approximate surface area is 107 Å². The smallest absolute Gasteiger partial charge is 0.0998 e. The maximum absolute atomic E-state index is 9.16. The van der Waals surface area contributed by atoms with Gasteiger partial charge in [-0.3, -0.25) is 0 Å². The SMILES string of the molecule is CN(c1ccc(C#N)c2ccccc12)C1CNC1. The summed E-state index contributed by atoms with van der Waals surface area (Å²) in [6, 6.07) is 14.9. The van der Waals surface area contributed by atoms with Crippen LogP contribution in [0.3, 0.4) is 0 Å². The molecule has 0 unspecified atom stereocenters. The first-order valence-electron chi connectivity index (χ1n) is 6.16. The van der Waals surface area contributed by atoms with Gasteiger partial charge in [0.2, 0.25) is 0 Å². The maximum atomic E-state index is 9.16. The van der Waals surface area contributed by atoms with Gasteiger partial charge >= 0.3 is 0 Å². The van der Waals surface area contributed by atoms with Gasteiger partial charge in [-0.1, -0.05) is 24.3 Å². The molecule has 0 amide bonds. The summed E-state index contributed by atoms with van der Waals surface area (Å²) in [6.45, 7) is 2.07. The van der Waals surface area contributed by atoms with Crippen LogP contribution in [0.2, 0.25) is 0 Å². The van der Waals surface area contributed by atoms with Crippen molar-refractivity contribution >= 4 is 16.5 Å². The molecule has 0 bridgehead atoms. The fourth-order valence-electron chi connectivity index (χ4n) is 2.43. The normalized spacial score (nSPS) is 15.1. The van der Waals surface area contributed by atoms with Crippen LogP contribution in [0.5, 0.6) is 0 Å². The molecule has 2 aromatic carbocycles. The van der Waals surface area contributed by atoms with Crippen LogP contribution in [-0.2, 0) is 0 Å². The Morgan fingerprint density at radius 2 is 1.89 bits per heavy atom. The minimum absolute atomic E-state index is 0.557. The van der Waals surface area contributed by atoms with Gasteiger partial charge < -0.3 is 10.2 Å². The molecular weight excluding hydrogens is 222 g/mol. The van der Waals surface area contributed by atoms with Gasteiger partial charge in [0.25, 0.3) is 0 Å². The van der Waals surface area contributed by atoms with E-state index in [1.165, 1.54) is 5.69 Å². The van der Waals surface area contributed by atoms with E-state index in [9.17, 15) is 0 Å². The molecule has 3 rings (SSSR count). The zero-order chi connectivity index (χ0) is 12.5. The second-order valence-electron chi connectivity index (χ2n) is 4.71. The molecular formula is C15H15N3. The molecule has 0 radical (unpaired) electrons. The minimum atomic E-state index is 0.557. The summed E-state index contributed by atoms with van der Waals surface area (Å²) in [7, 11) is 2.12. The van der Waals surface area contributed by atoms with Gasteiger partial charge in [-0.25, -0.2) is 0 Å². The second kappa shape index (κ2) is 4.32. The number of benzene rings is 2. The summed E-state index contributed by atoms with van der Waals surface area (Å²) in [5, 5.41) is 14.6. The van der Waals surface area contributed by atoms with E-state index in [2.05, 4.69) is 35.5 Å². The molecule has 0 aromatic heterocycles. The van der Waals surface area contributed by atoms with Gasteiger partial charge in [-0.2, -0.15) is 5.26 Å². The average molecular weight is 237 g/mol. The Kier molecular flexibility index (Phi) is 2.66. The predicted octanol–water partition coefficient (Wildman–Crippen LogP) is 2.12. The van der Waals surface area contributed by atoms with Crippen LogP contribution in [0, 0.1) is 11.3 Å². The van der Waals surface area contributed by atoms with Crippen molar-refractivity contribution in [3.8, 4) is 6.07 Å². The standard InChI is InChI=1S/C15H15N3/c1-18(12-9-17-10-12)15-7-6-11(8-16)13-4-2-3-5-14(13)15/h2-7,12,17H,9-10H2,1H3. The van der Waals surface area contributed by atoms with E-state index in [4.69, 9.17) is 5.26 Å². The van der Waals surface area contributed by atoms with Crippen molar-refractivity contribution in [2.75, 3.05) is 25.0 Å².